The van der Waals surface area contributed by atoms with Crippen LogP contribution in [0.15, 0.2) is 0 Å². The van der Waals surface area contributed by atoms with Crippen molar-refractivity contribution in [1.29, 1.82) is 0 Å². The van der Waals surface area contributed by atoms with Crippen LogP contribution in [0, 0.1) is 5.92 Å². The summed E-state index contributed by atoms with van der Waals surface area (Å²) in [6.45, 7) is 2.17. The SMILES string of the molecule is CN(C(=O)CC1CCCC1)C1CCCNCC1.Cl. The van der Waals surface area contributed by atoms with Gasteiger partial charge in [-0.15, -0.1) is 12.4 Å². The molecule has 2 fully saturated rings. The third-order valence-electron chi connectivity index (χ3n) is 4.42. The summed E-state index contributed by atoms with van der Waals surface area (Å²) in [5, 5.41) is 3.41. The highest BCUT2D eigenvalue weighted by Crippen LogP contribution is 2.28. The van der Waals surface area contributed by atoms with Crippen molar-refractivity contribution < 1.29 is 4.79 Å². The van der Waals surface area contributed by atoms with Crippen molar-refractivity contribution in [3.8, 4) is 0 Å². The first-order chi connectivity index (χ1) is 8.27. The fraction of sp³-hybridized carbons (Fsp3) is 0.929. The van der Waals surface area contributed by atoms with Crippen molar-refractivity contribution >= 4 is 18.3 Å². The molecule has 1 amide bonds. The van der Waals surface area contributed by atoms with Crippen LogP contribution in [0.4, 0.5) is 0 Å². The summed E-state index contributed by atoms with van der Waals surface area (Å²) in [5.74, 6) is 1.05. The molecule has 106 valence electrons. The number of rotatable bonds is 3. The van der Waals surface area contributed by atoms with E-state index in [2.05, 4.69) is 5.32 Å². The summed E-state index contributed by atoms with van der Waals surface area (Å²) in [7, 11) is 2.01. The van der Waals surface area contributed by atoms with Crippen molar-refractivity contribution in [2.75, 3.05) is 20.1 Å². The average Bonchev–Trinajstić information content (AvgIpc) is 2.68. The van der Waals surface area contributed by atoms with Gasteiger partial charge in [-0.1, -0.05) is 12.8 Å². The van der Waals surface area contributed by atoms with E-state index in [0.717, 1.165) is 25.9 Å². The van der Waals surface area contributed by atoms with E-state index < -0.39 is 0 Å². The molecular weight excluding hydrogens is 248 g/mol. The van der Waals surface area contributed by atoms with E-state index in [1.165, 1.54) is 38.5 Å². The third-order valence-corrected chi connectivity index (χ3v) is 4.42. The van der Waals surface area contributed by atoms with Gasteiger partial charge in [0.2, 0.25) is 5.91 Å². The zero-order chi connectivity index (χ0) is 12.1. The number of carbonyl (C=O) groups is 1. The maximum Gasteiger partial charge on any atom is 0.222 e. The van der Waals surface area contributed by atoms with Crippen LogP contribution in [0.5, 0.6) is 0 Å². The fourth-order valence-electron chi connectivity index (χ4n) is 3.20. The lowest BCUT2D eigenvalue weighted by Crippen LogP contribution is -2.38. The lowest BCUT2D eigenvalue weighted by atomic mass is 10.0. The number of hydrogen-bond donors (Lipinski definition) is 1. The molecule has 2 aliphatic rings. The van der Waals surface area contributed by atoms with Crippen molar-refractivity contribution in [2.24, 2.45) is 5.92 Å². The Morgan fingerprint density at radius 1 is 1.11 bits per heavy atom. The van der Waals surface area contributed by atoms with Gasteiger partial charge in [0, 0.05) is 19.5 Å². The minimum absolute atomic E-state index is 0. The molecule has 1 N–H and O–H groups in total. The van der Waals surface area contributed by atoms with Gasteiger partial charge >= 0.3 is 0 Å². The van der Waals surface area contributed by atoms with Crippen LogP contribution in [-0.2, 0) is 4.79 Å². The molecule has 0 aromatic heterocycles. The lowest BCUT2D eigenvalue weighted by molar-refractivity contribution is -0.133. The summed E-state index contributed by atoms with van der Waals surface area (Å²) >= 11 is 0. The van der Waals surface area contributed by atoms with Gasteiger partial charge in [-0.3, -0.25) is 4.79 Å². The molecule has 0 radical (unpaired) electrons. The molecule has 0 aromatic rings. The van der Waals surface area contributed by atoms with E-state index in [1.807, 2.05) is 11.9 Å². The summed E-state index contributed by atoms with van der Waals surface area (Å²) in [6.07, 6.45) is 9.47. The van der Waals surface area contributed by atoms with Gasteiger partial charge < -0.3 is 10.2 Å². The smallest absolute Gasteiger partial charge is 0.222 e. The maximum absolute atomic E-state index is 12.2. The first-order valence-electron chi connectivity index (χ1n) is 7.24. The van der Waals surface area contributed by atoms with Crippen LogP contribution in [0.1, 0.15) is 51.4 Å². The van der Waals surface area contributed by atoms with Crippen molar-refractivity contribution in [1.82, 2.24) is 10.2 Å². The average molecular weight is 275 g/mol. The van der Waals surface area contributed by atoms with Gasteiger partial charge in [-0.2, -0.15) is 0 Å². The molecule has 0 bridgehead atoms. The molecule has 1 atom stereocenters. The van der Waals surface area contributed by atoms with Gasteiger partial charge in [0.25, 0.3) is 0 Å². The van der Waals surface area contributed by atoms with E-state index in [-0.39, 0.29) is 12.4 Å². The molecule has 1 heterocycles. The first kappa shape index (κ1) is 15.8. The third kappa shape index (κ3) is 4.43. The van der Waals surface area contributed by atoms with E-state index >= 15 is 0 Å². The van der Waals surface area contributed by atoms with Crippen LogP contribution in [0.2, 0.25) is 0 Å². The number of halogens is 1. The predicted octanol–water partition coefficient (Wildman–Crippen LogP) is 2.59. The van der Waals surface area contributed by atoms with Gasteiger partial charge in [0.15, 0.2) is 0 Å². The normalized spacial score (nSPS) is 25.3. The highest BCUT2D eigenvalue weighted by molar-refractivity contribution is 5.85. The Hall–Kier alpha value is -0.280. The topological polar surface area (TPSA) is 32.3 Å². The van der Waals surface area contributed by atoms with Gasteiger partial charge in [-0.25, -0.2) is 0 Å². The summed E-state index contributed by atoms with van der Waals surface area (Å²) in [5.41, 5.74) is 0. The zero-order valence-corrected chi connectivity index (χ0v) is 12.3. The van der Waals surface area contributed by atoms with Gasteiger partial charge in [0.05, 0.1) is 0 Å². The standard InChI is InChI=1S/C14H26N2O.ClH/c1-16(13-7-4-9-15-10-8-13)14(17)11-12-5-2-3-6-12;/h12-13,15H,2-11H2,1H3;1H. The molecule has 1 aliphatic heterocycles. The van der Waals surface area contributed by atoms with E-state index in [4.69, 9.17) is 0 Å². The Kier molecular flexibility index (Phi) is 7.02. The molecule has 0 spiro atoms. The number of carbonyl (C=O) groups excluding carboxylic acids is 1. The van der Waals surface area contributed by atoms with Crippen LogP contribution in [-0.4, -0.2) is 37.0 Å². The molecule has 1 aliphatic carbocycles. The zero-order valence-electron chi connectivity index (χ0n) is 11.5. The van der Waals surface area contributed by atoms with Crippen LogP contribution >= 0.6 is 12.4 Å². The molecule has 3 nitrogen and oxygen atoms in total. The minimum atomic E-state index is 0. The lowest BCUT2D eigenvalue weighted by Gasteiger charge is -2.28. The van der Waals surface area contributed by atoms with Crippen LogP contribution < -0.4 is 5.32 Å². The molecule has 4 heteroatoms. The molecule has 0 aromatic carbocycles. The molecular formula is C14H27ClN2O. The molecule has 1 saturated heterocycles. The molecule has 1 saturated carbocycles. The van der Waals surface area contributed by atoms with Crippen molar-refractivity contribution in [3.63, 3.8) is 0 Å². The highest BCUT2D eigenvalue weighted by Gasteiger charge is 2.24. The van der Waals surface area contributed by atoms with Gasteiger partial charge in [-0.05, 0) is 51.1 Å². The number of nitrogens with zero attached hydrogens (tertiary/aromatic N) is 1. The maximum atomic E-state index is 12.2. The van der Waals surface area contributed by atoms with E-state index in [9.17, 15) is 4.79 Å². The quantitative estimate of drug-likeness (QED) is 0.858. The predicted molar refractivity (Wildman–Crippen MR) is 77.1 cm³/mol. The Labute approximate surface area is 117 Å². The fourth-order valence-corrected chi connectivity index (χ4v) is 3.20. The minimum Gasteiger partial charge on any atom is -0.343 e. The number of nitrogens with one attached hydrogen (secondary N) is 1. The Morgan fingerprint density at radius 3 is 2.56 bits per heavy atom. The van der Waals surface area contributed by atoms with Crippen LogP contribution in [0.25, 0.3) is 0 Å². The van der Waals surface area contributed by atoms with E-state index in [1.54, 1.807) is 0 Å². The first-order valence-corrected chi connectivity index (χ1v) is 7.24. The Morgan fingerprint density at radius 2 is 1.83 bits per heavy atom. The van der Waals surface area contributed by atoms with Crippen molar-refractivity contribution in [2.45, 2.75) is 57.4 Å². The Balaban J connectivity index is 0.00000162. The molecule has 18 heavy (non-hydrogen) atoms. The summed E-state index contributed by atoms with van der Waals surface area (Å²) in [6, 6.07) is 0.471. The Bertz CT molecular complexity index is 246. The van der Waals surface area contributed by atoms with Crippen molar-refractivity contribution in [3.05, 3.63) is 0 Å². The monoisotopic (exact) mass is 274 g/mol. The summed E-state index contributed by atoms with van der Waals surface area (Å²) in [4.78, 5) is 14.2. The van der Waals surface area contributed by atoms with Gasteiger partial charge in [0.1, 0.15) is 0 Å². The van der Waals surface area contributed by atoms with E-state index in [0.29, 0.717) is 17.9 Å². The second-order valence-electron chi connectivity index (χ2n) is 5.69. The highest BCUT2D eigenvalue weighted by atomic mass is 35.5. The number of hydrogen-bond acceptors (Lipinski definition) is 2. The number of amides is 1. The summed E-state index contributed by atoms with van der Waals surface area (Å²) < 4.78 is 0. The second kappa shape index (κ2) is 8.00. The molecule has 2 rings (SSSR count). The van der Waals surface area contributed by atoms with Crippen LogP contribution in [0.3, 0.4) is 0 Å². The second-order valence-corrected chi connectivity index (χ2v) is 5.69. The molecule has 1 unspecified atom stereocenters. The largest absolute Gasteiger partial charge is 0.343 e.